The highest BCUT2D eigenvalue weighted by molar-refractivity contribution is 5.76. The summed E-state index contributed by atoms with van der Waals surface area (Å²) in [5.74, 6) is -0.212. The smallest absolute Gasteiger partial charge is 0.348 e. The van der Waals surface area contributed by atoms with Crippen molar-refractivity contribution in [2.75, 3.05) is 19.6 Å². The Bertz CT molecular complexity index is 1110. The fraction of sp³-hybridized carbons (Fsp3) is 0.607. The number of carbonyl (C=O) groups excluding carboxylic acids is 1. The highest BCUT2D eigenvalue weighted by Crippen LogP contribution is 2.37. The second-order valence-corrected chi connectivity index (χ2v) is 9.05. The summed E-state index contributed by atoms with van der Waals surface area (Å²) < 4.78 is 39.5. The molecule has 1 aliphatic carbocycles. The molecule has 2 aromatic rings. The quantitative estimate of drug-likeness (QED) is 0.379. The number of pyridine rings is 1. The van der Waals surface area contributed by atoms with Gasteiger partial charge in [-0.25, -0.2) is 5.10 Å². The van der Waals surface area contributed by atoms with Gasteiger partial charge in [-0.3, -0.25) is 14.6 Å². The molecule has 1 amide bonds. The van der Waals surface area contributed by atoms with E-state index in [9.17, 15) is 22.8 Å². The Morgan fingerprint density at radius 1 is 1.18 bits per heavy atom. The molecule has 216 valence electrons. The molecule has 2 aromatic heterocycles. The van der Waals surface area contributed by atoms with Gasteiger partial charge in [-0.2, -0.15) is 23.5 Å². The second-order valence-electron chi connectivity index (χ2n) is 9.05. The zero-order chi connectivity index (χ0) is 29.4. The van der Waals surface area contributed by atoms with E-state index in [0.29, 0.717) is 18.5 Å². The van der Waals surface area contributed by atoms with E-state index in [1.165, 1.54) is 0 Å². The Labute approximate surface area is 229 Å². The number of aromatic nitrogens is 3. The minimum Gasteiger partial charge on any atom is -0.348 e. The van der Waals surface area contributed by atoms with Crippen LogP contribution in [-0.4, -0.2) is 45.6 Å². The Kier molecular flexibility index (Phi) is 15.0. The maximum absolute atomic E-state index is 13.2. The SMILES string of the molecule is CC.CCCCCN(CCC)CCC(=O)NC1CCc2c1n[nH]c(=O)c2C(F)(F)F.Cc1ccc(C#N)cn1. The van der Waals surface area contributed by atoms with E-state index >= 15 is 0 Å². The highest BCUT2D eigenvalue weighted by atomic mass is 19.4. The number of hydrogen-bond donors (Lipinski definition) is 2. The van der Waals surface area contributed by atoms with Crippen LogP contribution in [0, 0.1) is 18.3 Å². The molecule has 1 atom stereocenters. The number of carbonyl (C=O) groups is 1. The number of aromatic amines is 1. The molecule has 0 bridgehead atoms. The van der Waals surface area contributed by atoms with Gasteiger partial charge in [0.05, 0.1) is 17.3 Å². The van der Waals surface area contributed by atoms with Crippen molar-refractivity contribution in [3.05, 3.63) is 56.8 Å². The number of H-pyrrole nitrogens is 1. The number of hydrogen-bond acceptors (Lipinski definition) is 6. The van der Waals surface area contributed by atoms with Gasteiger partial charge < -0.3 is 10.2 Å². The van der Waals surface area contributed by atoms with Crippen LogP contribution in [0.1, 0.15) is 100 Å². The van der Waals surface area contributed by atoms with Crippen molar-refractivity contribution in [3.8, 4) is 6.07 Å². The lowest BCUT2D eigenvalue weighted by Crippen LogP contribution is -2.34. The summed E-state index contributed by atoms with van der Waals surface area (Å²) in [6.07, 6.45) is 1.87. The molecule has 0 saturated carbocycles. The summed E-state index contributed by atoms with van der Waals surface area (Å²) in [7, 11) is 0. The van der Waals surface area contributed by atoms with Crippen molar-refractivity contribution in [1.29, 1.82) is 5.26 Å². The number of amides is 1. The van der Waals surface area contributed by atoms with Crippen LogP contribution in [0.3, 0.4) is 0 Å². The van der Waals surface area contributed by atoms with Gasteiger partial charge in [-0.05, 0) is 63.4 Å². The molecule has 0 spiro atoms. The molecule has 39 heavy (non-hydrogen) atoms. The maximum atomic E-state index is 13.2. The van der Waals surface area contributed by atoms with E-state index in [2.05, 4.69) is 34.1 Å². The third-order valence-corrected chi connectivity index (χ3v) is 6.06. The summed E-state index contributed by atoms with van der Waals surface area (Å²) in [4.78, 5) is 30.1. The average molecular weight is 551 g/mol. The largest absolute Gasteiger partial charge is 0.422 e. The molecule has 2 heterocycles. The van der Waals surface area contributed by atoms with E-state index < -0.39 is 23.3 Å². The fourth-order valence-corrected chi connectivity index (χ4v) is 4.20. The monoisotopic (exact) mass is 550 g/mol. The normalized spacial score (nSPS) is 13.9. The van der Waals surface area contributed by atoms with E-state index in [4.69, 9.17) is 5.26 Å². The Morgan fingerprint density at radius 2 is 1.90 bits per heavy atom. The minimum absolute atomic E-state index is 0.0744. The fourth-order valence-electron chi connectivity index (χ4n) is 4.20. The summed E-state index contributed by atoms with van der Waals surface area (Å²) in [5.41, 5.74) is -0.864. The van der Waals surface area contributed by atoms with Crippen molar-refractivity contribution >= 4 is 5.91 Å². The van der Waals surface area contributed by atoms with Crippen LogP contribution >= 0.6 is 0 Å². The number of halogens is 3. The number of nitrogens with zero attached hydrogens (tertiary/aromatic N) is 4. The summed E-state index contributed by atoms with van der Waals surface area (Å²) in [6, 6.07) is 4.96. The first kappa shape index (κ1) is 33.8. The van der Waals surface area contributed by atoms with Crippen LogP contribution in [0.2, 0.25) is 0 Å². The summed E-state index contributed by atoms with van der Waals surface area (Å²) in [5, 5.41) is 16.8. The number of nitrogens with one attached hydrogen (secondary N) is 2. The van der Waals surface area contributed by atoms with Crippen molar-refractivity contribution in [3.63, 3.8) is 0 Å². The number of nitriles is 1. The molecule has 0 fully saturated rings. The molecular formula is C28H41F3N6O2. The van der Waals surface area contributed by atoms with Crippen LogP contribution < -0.4 is 10.9 Å². The molecular weight excluding hydrogens is 509 g/mol. The van der Waals surface area contributed by atoms with Crippen molar-refractivity contribution in [2.45, 2.75) is 91.8 Å². The lowest BCUT2D eigenvalue weighted by atomic mass is 10.1. The Balaban J connectivity index is 0.000000578. The number of unbranched alkanes of at least 4 members (excludes halogenated alkanes) is 2. The van der Waals surface area contributed by atoms with Gasteiger partial charge in [0.15, 0.2) is 0 Å². The van der Waals surface area contributed by atoms with Crippen LogP contribution in [-0.2, 0) is 17.4 Å². The molecule has 0 saturated heterocycles. The van der Waals surface area contributed by atoms with Gasteiger partial charge in [0.25, 0.3) is 5.56 Å². The lowest BCUT2D eigenvalue weighted by molar-refractivity contribution is -0.139. The molecule has 8 nitrogen and oxygen atoms in total. The first-order valence-corrected chi connectivity index (χ1v) is 13.6. The summed E-state index contributed by atoms with van der Waals surface area (Å²) >= 11 is 0. The minimum atomic E-state index is -4.74. The van der Waals surface area contributed by atoms with E-state index in [1.54, 1.807) is 12.3 Å². The standard InChI is InChI=1S/C19H29F3N4O2.C7H6N2.C2H6/c1-3-5-6-11-26(10-4-2)12-9-15(27)23-14-8-7-13-16(19(20,21)22)18(28)25-24-17(13)14;1-6-2-3-7(4-8)5-9-6;1-2/h14H,3-12H2,1-2H3,(H,23,27)(H,25,28);2-3,5H,1H3;1-2H3. The molecule has 2 N–H and O–H groups in total. The van der Waals surface area contributed by atoms with Gasteiger partial charge in [0, 0.05) is 24.9 Å². The predicted molar refractivity (Wildman–Crippen MR) is 145 cm³/mol. The average Bonchev–Trinajstić information content (AvgIpc) is 3.30. The first-order chi connectivity index (χ1) is 18.6. The highest BCUT2D eigenvalue weighted by Gasteiger charge is 2.41. The molecule has 11 heteroatoms. The predicted octanol–water partition coefficient (Wildman–Crippen LogP) is 5.47. The number of rotatable bonds is 10. The second kappa shape index (κ2) is 17.4. The zero-order valence-corrected chi connectivity index (χ0v) is 23.6. The van der Waals surface area contributed by atoms with Gasteiger partial charge in [0.2, 0.25) is 5.91 Å². The Morgan fingerprint density at radius 3 is 2.46 bits per heavy atom. The molecule has 0 aliphatic heterocycles. The van der Waals surface area contributed by atoms with E-state index in [0.717, 1.165) is 44.5 Å². The summed E-state index contributed by atoms with van der Waals surface area (Å²) in [6.45, 7) is 12.6. The number of fused-ring (bicyclic) bond motifs is 1. The third kappa shape index (κ3) is 11.2. The van der Waals surface area contributed by atoms with Crippen molar-refractivity contribution in [2.24, 2.45) is 0 Å². The van der Waals surface area contributed by atoms with E-state index in [1.807, 2.05) is 38.0 Å². The van der Waals surface area contributed by atoms with Gasteiger partial charge >= 0.3 is 6.18 Å². The van der Waals surface area contributed by atoms with Gasteiger partial charge in [-0.1, -0.05) is 40.5 Å². The van der Waals surface area contributed by atoms with E-state index in [-0.39, 0.29) is 30.0 Å². The number of alkyl halides is 3. The first-order valence-electron chi connectivity index (χ1n) is 13.6. The maximum Gasteiger partial charge on any atom is 0.422 e. The van der Waals surface area contributed by atoms with Crippen LogP contribution in [0.5, 0.6) is 0 Å². The zero-order valence-electron chi connectivity index (χ0n) is 23.6. The van der Waals surface area contributed by atoms with Crippen LogP contribution in [0.15, 0.2) is 23.1 Å². The molecule has 0 radical (unpaired) electrons. The Hall–Kier alpha value is -3.26. The third-order valence-electron chi connectivity index (χ3n) is 6.06. The van der Waals surface area contributed by atoms with Crippen LogP contribution in [0.4, 0.5) is 13.2 Å². The van der Waals surface area contributed by atoms with Crippen LogP contribution in [0.25, 0.3) is 0 Å². The molecule has 3 rings (SSSR count). The molecule has 1 unspecified atom stereocenters. The topological polar surface area (TPSA) is 115 Å². The van der Waals surface area contributed by atoms with Crippen molar-refractivity contribution < 1.29 is 18.0 Å². The molecule has 0 aromatic carbocycles. The van der Waals surface area contributed by atoms with Gasteiger partial charge in [0.1, 0.15) is 11.6 Å². The lowest BCUT2D eigenvalue weighted by Gasteiger charge is -2.22. The van der Waals surface area contributed by atoms with Crippen molar-refractivity contribution in [1.82, 2.24) is 25.4 Å². The van der Waals surface area contributed by atoms with Gasteiger partial charge in [-0.15, -0.1) is 0 Å². The number of aryl methyl sites for hydroxylation is 1. The molecule has 1 aliphatic rings.